The molecule has 1 aliphatic carbocycles. The third-order valence-corrected chi connectivity index (χ3v) is 6.78. The zero-order valence-electron chi connectivity index (χ0n) is 18.8. The van der Waals surface area contributed by atoms with E-state index in [9.17, 15) is 4.79 Å². The van der Waals surface area contributed by atoms with Gasteiger partial charge >= 0.3 is 0 Å². The summed E-state index contributed by atoms with van der Waals surface area (Å²) in [6.45, 7) is 3.44. The van der Waals surface area contributed by atoms with Crippen LogP contribution in [-0.2, 0) is 11.2 Å². The lowest BCUT2D eigenvalue weighted by Crippen LogP contribution is -2.25. The van der Waals surface area contributed by atoms with Crippen molar-refractivity contribution in [3.8, 4) is 0 Å². The van der Waals surface area contributed by atoms with Gasteiger partial charge in [-0.15, -0.1) is 0 Å². The van der Waals surface area contributed by atoms with Crippen LogP contribution < -0.4 is 10.9 Å². The number of pyridine rings is 1. The fraction of sp³-hybridized carbons (Fsp3) is 0.440. The Balaban J connectivity index is 1.26. The largest absolute Gasteiger partial charge is 0.368 e. The number of hydrogen-bond donors (Lipinski definition) is 1. The Hall–Kier alpha value is -3.26. The van der Waals surface area contributed by atoms with Crippen LogP contribution in [0.4, 0.5) is 5.82 Å². The number of nitrogens with zero attached hydrogens (tertiary/aromatic N) is 5. The summed E-state index contributed by atoms with van der Waals surface area (Å²) in [7, 11) is 0. The summed E-state index contributed by atoms with van der Waals surface area (Å²) in [5.41, 5.74) is 3.78. The molecule has 33 heavy (non-hydrogen) atoms. The Labute approximate surface area is 191 Å². The zero-order valence-corrected chi connectivity index (χ0v) is 18.8. The van der Waals surface area contributed by atoms with Crippen molar-refractivity contribution >= 4 is 27.8 Å². The maximum atomic E-state index is 13.3. The molecule has 8 nitrogen and oxygen atoms in total. The Bertz CT molecular complexity index is 1380. The third kappa shape index (κ3) is 3.68. The van der Waals surface area contributed by atoms with Crippen LogP contribution in [0, 0.1) is 6.92 Å². The van der Waals surface area contributed by atoms with Crippen LogP contribution in [0.3, 0.4) is 0 Å². The summed E-state index contributed by atoms with van der Waals surface area (Å²) >= 11 is 0. The molecule has 4 aromatic rings. The van der Waals surface area contributed by atoms with Crippen LogP contribution in [-0.4, -0.2) is 37.2 Å². The quantitative estimate of drug-likeness (QED) is 0.481. The number of anilines is 1. The van der Waals surface area contributed by atoms with Gasteiger partial charge in [0, 0.05) is 31.3 Å². The summed E-state index contributed by atoms with van der Waals surface area (Å²) < 4.78 is 9.94. The van der Waals surface area contributed by atoms with E-state index < -0.39 is 0 Å². The average molecular weight is 445 g/mol. The lowest BCUT2D eigenvalue weighted by molar-refractivity contribution is -0.0298. The van der Waals surface area contributed by atoms with Gasteiger partial charge in [0.05, 0.1) is 11.7 Å². The van der Waals surface area contributed by atoms with Gasteiger partial charge < -0.3 is 14.6 Å². The summed E-state index contributed by atoms with van der Waals surface area (Å²) in [5.74, 6) is 0.714. The van der Waals surface area contributed by atoms with Gasteiger partial charge in [-0.25, -0.2) is 15.0 Å². The predicted molar refractivity (Wildman–Crippen MR) is 128 cm³/mol. The van der Waals surface area contributed by atoms with Crippen molar-refractivity contribution in [3.05, 3.63) is 58.5 Å². The van der Waals surface area contributed by atoms with E-state index in [1.807, 2.05) is 34.3 Å². The molecule has 1 aromatic carbocycles. The molecule has 4 heterocycles. The van der Waals surface area contributed by atoms with E-state index in [0.717, 1.165) is 78.3 Å². The Morgan fingerprint density at radius 3 is 2.88 bits per heavy atom. The fourth-order valence-corrected chi connectivity index (χ4v) is 4.97. The standard InChI is InChI=1S/C25H28N6O2/c1-16-5-4-6-17-13-19(31(18-8-9-18)25(32)21(16)17)10-11-26-23-22-24(28-14-27-23)30(15-29-22)20-7-2-3-12-33-20/h4-6,13-15,18,20H,2-3,7-12H2,1H3,(H,26,27,28)/t20-/m0/s1. The van der Waals surface area contributed by atoms with Crippen LogP contribution in [0.25, 0.3) is 21.9 Å². The maximum Gasteiger partial charge on any atom is 0.259 e. The molecule has 170 valence electrons. The SMILES string of the molecule is Cc1cccc2cc(CCNc3ncnc4c3ncn4[C@@H]3CCCCO3)n(C3CC3)c(=O)c12. The number of rotatable bonds is 6. The molecule has 8 heteroatoms. The molecular weight excluding hydrogens is 416 g/mol. The number of aromatic nitrogens is 5. The molecule has 0 unspecified atom stereocenters. The molecule has 0 spiro atoms. The molecule has 6 rings (SSSR count). The number of fused-ring (bicyclic) bond motifs is 2. The second-order valence-electron chi connectivity index (χ2n) is 9.13. The van der Waals surface area contributed by atoms with Crippen LogP contribution in [0.2, 0.25) is 0 Å². The van der Waals surface area contributed by atoms with E-state index >= 15 is 0 Å². The zero-order chi connectivity index (χ0) is 22.4. The van der Waals surface area contributed by atoms with Crippen molar-refractivity contribution in [1.82, 2.24) is 24.1 Å². The second-order valence-corrected chi connectivity index (χ2v) is 9.13. The van der Waals surface area contributed by atoms with Crippen LogP contribution >= 0.6 is 0 Å². The maximum absolute atomic E-state index is 13.3. The van der Waals surface area contributed by atoms with Crippen LogP contribution in [0.5, 0.6) is 0 Å². The predicted octanol–water partition coefficient (Wildman–Crippen LogP) is 4.14. The Morgan fingerprint density at radius 1 is 1.15 bits per heavy atom. The number of imidazole rings is 1. The highest BCUT2D eigenvalue weighted by Crippen LogP contribution is 2.35. The third-order valence-electron chi connectivity index (χ3n) is 6.78. The van der Waals surface area contributed by atoms with Gasteiger partial charge in [-0.3, -0.25) is 9.36 Å². The highest BCUT2D eigenvalue weighted by molar-refractivity contribution is 5.85. The first kappa shape index (κ1) is 20.4. The molecule has 1 atom stereocenters. The fourth-order valence-electron chi connectivity index (χ4n) is 4.97. The van der Waals surface area contributed by atoms with Gasteiger partial charge in [-0.1, -0.05) is 18.2 Å². The molecule has 3 aromatic heterocycles. The van der Waals surface area contributed by atoms with Gasteiger partial charge in [0.15, 0.2) is 17.0 Å². The first-order valence-electron chi connectivity index (χ1n) is 11.9. The van der Waals surface area contributed by atoms with Crippen molar-refractivity contribution in [3.63, 3.8) is 0 Å². The lowest BCUT2D eigenvalue weighted by Gasteiger charge is -2.23. The molecule has 2 fully saturated rings. The molecule has 2 aliphatic rings. The number of hydrogen-bond acceptors (Lipinski definition) is 6. The minimum absolute atomic E-state index is 0.0134. The molecule has 1 saturated carbocycles. The molecule has 1 aliphatic heterocycles. The summed E-state index contributed by atoms with van der Waals surface area (Å²) in [6, 6.07) is 8.57. The monoisotopic (exact) mass is 444 g/mol. The number of ether oxygens (including phenoxy) is 1. The highest BCUT2D eigenvalue weighted by atomic mass is 16.5. The van der Waals surface area contributed by atoms with E-state index in [1.54, 1.807) is 12.7 Å². The molecule has 0 radical (unpaired) electrons. The Kier molecular flexibility index (Phi) is 5.10. The topological polar surface area (TPSA) is 86.9 Å². The van der Waals surface area contributed by atoms with Crippen molar-refractivity contribution < 1.29 is 4.74 Å². The van der Waals surface area contributed by atoms with E-state index in [2.05, 4.69) is 26.3 Å². The second kappa shape index (κ2) is 8.26. The minimum Gasteiger partial charge on any atom is -0.368 e. The molecule has 0 amide bonds. The minimum atomic E-state index is -0.0134. The van der Waals surface area contributed by atoms with Gasteiger partial charge in [-0.2, -0.15) is 0 Å². The summed E-state index contributed by atoms with van der Waals surface area (Å²) in [4.78, 5) is 26.8. The van der Waals surface area contributed by atoms with Crippen LogP contribution in [0.1, 0.15) is 55.6 Å². The molecule has 1 saturated heterocycles. The molecule has 0 bridgehead atoms. The number of benzene rings is 1. The number of nitrogens with one attached hydrogen (secondary N) is 1. The normalized spacial score (nSPS) is 18.8. The van der Waals surface area contributed by atoms with Crippen molar-refractivity contribution in [2.24, 2.45) is 0 Å². The van der Waals surface area contributed by atoms with Gasteiger partial charge in [0.1, 0.15) is 12.6 Å². The lowest BCUT2D eigenvalue weighted by atomic mass is 10.1. The Morgan fingerprint density at radius 2 is 2.06 bits per heavy atom. The first-order chi connectivity index (χ1) is 16.2. The summed E-state index contributed by atoms with van der Waals surface area (Å²) in [5, 5.41) is 5.29. The highest BCUT2D eigenvalue weighted by Gasteiger charge is 2.28. The van der Waals surface area contributed by atoms with E-state index in [0.29, 0.717) is 18.4 Å². The molecular formula is C25H28N6O2. The first-order valence-corrected chi connectivity index (χ1v) is 11.9. The van der Waals surface area contributed by atoms with E-state index in [4.69, 9.17) is 4.74 Å². The smallest absolute Gasteiger partial charge is 0.259 e. The number of aryl methyl sites for hydroxylation is 1. The van der Waals surface area contributed by atoms with Gasteiger partial charge in [0.2, 0.25) is 0 Å². The van der Waals surface area contributed by atoms with Gasteiger partial charge in [-0.05, 0) is 56.0 Å². The summed E-state index contributed by atoms with van der Waals surface area (Å²) in [6.07, 6.45) is 9.46. The van der Waals surface area contributed by atoms with Crippen molar-refractivity contribution in [2.45, 2.75) is 57.7 Å². The van der Waals surface area contributed by atoms with E-state index in [1.165, 1.54) is 0 Å². The van der Waals surface area contributed by atoms with Crippen LogP contribution in [0.15, 0.2) is 41.7 Å². The van der Waals surface area contributed by atoms with Crippen molar-refractivity contribution in [1.29, 1.82) is 0 Å². The van der Waals surface area contributed by atoms with Gasteiger partial charge in [0.25, 0.3) is 5.56 Å². The van der Waals surface area contributed by atoms with Crippen molar-refractivity contribution in [2.75, 3.05) is 18.5 Å². The van der Waals surface area contributed by atoms with E-state index in [-0.39, 0.29) is 11.8 Å². The average Bonchev–Trinajstić information content (AvgIpc) is 3.57. The molecule has 1 N–H and O–H groups in total.